The second kappa shape index (κ2) is 5.18. The molecule has 20 heavy (non-hydrogen) atoms. The summed E-state index contributed by atoms with van der Waals surface area (Å²) in [6, 6.07) is 6.25. The third kappa shape index (κ3) is 2.50. The molecule has 0 bridgehead atoms. The van der Waals surface area contributed by atoms with Gasteiger partial charge in [0.25, 0.3) is 5.69 Å². The number of nitro groups is 1. The lowest BCUT2D eigenvalue weighted by atomic mass is 10.0. The van der Waals surface area contributed by atoms with Crippen molar-refractivity contribution in [1.82, 2.24) is 4.90 Å². The van der Waals surface area contributed by atoms with Gasteiger partial charge in [-0.05, 0) is 13.3 Å². The Morgan fingerprint density at radius 3 is 2.75 bits per heavy atom. The van der Waals surface area contributed by atoms with Gasteiger partial charge >= 0.3 is 5.97 Å². The minimum absolute atomic E-state index is 0.0462. The number of benzene rings is 1. The number of aliphatic carboxylic acids is 1. The van der Waals surface area contributed by atoms with E-state index in [1.807, 2.05) is 11.8 Å². The topological polar surface area (TPSA) is 110 Å². The smallest absolute Gasteiger partial charge is 0.325 e. The SMILES string of the molecule is CC(c1ccccc1[N+](=O)[O-])N1CCC(N)(C(=O)O)C1. The van der Waals surface area contributed by atoms with E-state index in [1.54, 1.807) is 18.2 Å². The Morgan fingerprint density at radius 1 is 1.55 bits per heavy atom. The van der Waals surface area contributed by atoms with Crippen LogP contribution in [-0.2, 0) is 4.79 Å². The third-order valence-corrected chi connectivity index (χ3v) is 3.89. The van der Waals surface area contributed by atoms with Crippen molar-refractivity contribution in [2.45, 2.75) is 24.9 Å². The zero-order valence-electron chi connectivity index (χ0n) is 11.2. The second-order valence-electron chi connectivity index (χ2n) is 5.17. The summed E-state index contributed by atoms with van der Waals surface area (Å²) in [6.45, 7) is 2.53. The van der Waals surface area contributed by atoms with Gasteiger partial charge in [-0.15, -0.1) is 0 Å². The number of hydrogen-bond donors (Lipinski definition) is 2. The standard InChI is InChI=1S/C13H17N3O4/c1-9(10-4-2-3-5-11(10)16(19)20)15-7-6-13(14,8-15)12(17)18/h2-5,9H,6-8,14H2,1H3,(H,17,18). The zero-order chi connectivity index (χ0) is 14.9. The molecule has 3 N–H and O–H groups in total. The first-order chi connectivity index (χ1) is 9.35. The van der Waals surface area contributed by atoms with E-state index in [0.717, 1.165) is 0 Å². The van der Waals surface area contributed by atoms with E-state index < -0.39 is 16.4 Å². The van der Waals surface area contributed by atoms with Crippen molar-refractivity contribution in [2.75, 3.05) is 13.1 Å². The number of carboxylic acid groups (broad SMARTS) is 1. The molecule has 1 heterocycles. The molecular formula is C13H17N3O4. The zero-order valence-corrected chi connectivity index (χ0v) is 11.2. The van der Waals surface area contributed by atoms with Crippen molar-refractivity contribution in [2.24, 2.45) is 5.73 Å². The molecule has 1 aromatic rings. The fraction of sp³-hybridized carbons (Fsp3) is 0.462. The number of nitro benzene ring substituents is 1. The number of nitrogens with two attached hydrogens (primary N) is 1. The Labute approximate surface area is 116 Å². The second-order valence-corrected chi connectivity index (χ2v) is 5.17. The Bertz CT molecular complexity index is 548. The fourth-order valence-electron chi connectivity index (χ4n) is 2.57. The summed E-state index contributed by atoms with van der Waals surface area (Å²) in [5.74, 6) is -1.03. The minimum atomic E-state index is -1.27. The Hall–Kier alpha value is -1.99. The highest BCUT2D eigenvalue weighted by Gasteiger charge is 2.43. The first-order valence-electron chi connectivity index (χ1n) is 6.35. The van der Waals surface area contributed by atoms with Crippen LogP contribution >= 0.6 is 0 Å². The summed E-state index contributed by atoms with van der Waals surface area (Å²) in [4.78, 5) is 23.6. The number of nitrogens with zero attached hydrogens (tertiary/aromatic N) is 2. The van der Waals surface area contributed by atoms with Crippen LogP contribution in [0.2, 0.25) is 0 Å². The molecular weight excluding hydrogens is 262 g/mol. The molecule has 1 saturated heterocycles. The van der Waals surface area contributed by atoms with Crippen LogP contribution in [0.3, 0.4) is 0 Å². The molecule has 1 fully saturated rings. The molecule has 0 radical (unpaired) electrons. The molecule has 1 aliphatic heterocycles. The molecule has 1 aromatic carbocycles. The lowest BCUT2D eigenvalue weighted by molar-refractivity contribution is -0.385. The molecule has 108 valence electrons. The van der Waals surface area contributed by atoms with Crippen LogP contribution < -0.4 is 5.73 Å². The van der Waals surface area contributed by atoms with Gasteiger partial charge in [-0.25, -0.2) is 0 Å². The van der Waals surface area contributed by atoms with Crippen LogP contribution in [0, 0.1) is 10.1 Å². The van der Waals surface area contributed by atoms with Crippen molar-refractivity contribution in [3.8, 4) is 0 Å². The third-order valence-electron chi connectivity index (χ3n) is 3.89. The maximum Gasteiger partial charge on any atom is 0.325 e. The Morgan fingerprint density at radius 2 is 2.20 bits per heavy atom. The summed E-state index contributed by atoms with van der Waals surface area (Å²) in [7, 11) is 0. The number of rotatable bonds is 4. The van der Waals surface area contributed by atoms with Crippen LogP contribution in [0.25, 0.3) is 0 Å². The van der Waals surface area contributed by atoms with E-state index in [0.29, 0.717) is 18.5 Å². The number of likely N-dealkylation sites (tertiary alicyclic amines) is 1. The molecule has 0 aromatic heterocycles. The molecule has 2 rings (SSSR count). The van der Waals surface area contributed by atoms with Crippen molar-refractivity contribution >= 4 is 11.7 Å². The quantitative estimate of drug-likeness (QED) is 0.631. The summed E-state index contributed by atoms with van der Waals surface area (Å²) < 4.78 is 0. The van der Waals surface area contributed by atoms with E-state index in [9.17, 15) is 14.9 Å². The first kappa shape index (κ1) is 14.4. The van der Waals surface area contributed by atoms with E-state index in [2.05, 4.69) is 0 Å². The van der Waals surface area contributed by atoms with E-state index in [-0.39, 0.29) is 18.3 Å². The average Bonchev–Trinajstić information content (AvgIpc) is 2.82. The van der Waals surface area contributed by atoms with E-state index in [1.165, 1.54) is 6.07 Å². The van der Waals surface area contributed by atoms with Gasteiger partial charge in [0.05, 0.1) is 4.92 Å². The molecule has 0 aliphatic carbocycles. The molecule has 0 saturated carbocycles. The molecule has 7 heteroatoms. The van der Waals surface area contributed by atoms with Crippen LogP contribution in [0.5, 0.6) is 0 Å². The van der Waals surface area contributed by atoms with Crippen LogP contribution in [0.4, 0.5) is 5.69 Å². The lowest BCUT2D eigenvalue weighted by Gasteiger charge is -2.26. The minimum Gasteiger partial charge on any atom is -0.480 e. The molecule has 0 amide bonds. The summed E-state index contributed by atoms with van der Waals surface area (Å²) in [5, 5.41) is 20.2. The van der Waals surface area contributed by atoms with Crippen molar-refractivity contribution < 1.29 is 14.8 Å². The maximum absolute atomic E-state index is 11.1. The normalized spacial score (nSPS) is 24.5. The first-order valence-corrected chi connectivity index (χ1v) is 6.35. The molecule has 2 unspecified atom stereocenters. The van der Waals surface area contributed by atoms with Gasteiger partial charge < -0.3 is 10.8 Å². The van der Waals surface area contributed by atoms with Gasteiger partial charge in [0.2, 0.25) is 0 Å². The molecule has 7 nitrogen and oxygen atoms in total. The molecule has 0 spiro atoms. The van der Waals surface area contributed by atoms with E-state index >= 15 is 0 Å². The highest BCUT2D eigenvalue weighted by molar-refractivity contribution is 5.79. The van der Waals surface area contributed by atoms with Crippen LogP contribution in [-0.4, -0.2) is 39.5 Å². The van der Waals surface area contributed by atoms with Gasteiger partial charge in [0, 0.05) is 30.8 Å². The average molecular weight is 279 g/mol. The van der Waals surface area contributed by atoms with Crippen LogP contribution in [0.15, 0.2) is 24.3 Å². The maximum atomic E-state index is 11.1. The number of carboxylic acids is 1. The van der Waals surface area contributed by atoms with Crippen molar-refractivity contribution in [3.63, 3.8) is 0 Å². The fourth-order valence-corrected chi connectivity index (χ4v) is 2.57. The molecule has 2 atom stereocenters. The Balaban J connectivity index is 2.24. The van der Waals surface area contributed by atoms with Gasteiger partial charge in [-0.2, -0.15) is 0 Å². The monoisotopic (exact) mass is 279 g/mol. The van der Waals surface area contributed by atoms with Gasteiger partial charge in [-0.3, -0.25) is 19.8 Å². The predicted octanol–water partition coefficient (Wildman–Crippen LogP) is 1.14. The summed E-state index contributed by atoms with van der Waals surface area (Å²) in [6.07, 6.45) is 0.341. The number of carbonyl (C=O) groups is 1. The molecule has 1 aliphatic rings. The van der Waals surface area contributed by atoms with E-state index in [4.69, 9.17) is 10.8 Å². The van der Waals surface area contributed by atoms with Crippen molar-refractivity contribution in [3.05, 3.63) is 39.9 Å². The summed E-state index contributed by atoms with van der Waals surface area (Å²) in [5.41, 5.74) is 5.19. The lowest BCUT2D eigenvalue weighted by Crippen LogP contribution is -2.50. The highest BCUT2D eigenvalue weighted by atomic mass is 16.6. The Kier molecular flexibility index (Phi) is 3.74. The van der Waals surface area contributed by atoms with Gasteiger partial charge in [0.15, 0.2) is 0 Å². The predicted molar refractivity (Wildman–Crippen MR) is 72.3 cm³/mol. The highest BCUT2D eigenvalue weighted by Crippen LogP contribution is 2.33. The van der Waals surface area contributed by atoms with Gasteiger partial charge in [0.1, 0.15) is 5.54 Å². The van der Waals surface area contributed by atoms with Crippen LogP contribution in [0.1, 0.15) is 24.9 Å². The number of hydrogen-bond acceptors (Lipinski definition) is 5. The summed E-state index contributed by atoms with van der Waals surface area (Å²) >= 11 is 0. The number of para-hydroxylation sites is 1. The largest absolute Gasteiger partial charge is 0.480 e. The van der Waals surface area contributed by atoms with Gasteiger partial charge in [-0.1, -0.05) is 18.2 Å². The van der Waals surface area contributed by atoms with Crippen molar-refractivity contribution in [1.29, 1.82) is 0 Å².